The molecule has 3 aliphatic heterocycles. The molecule has 0 unspecified atom stereocenters. The van der Waals surface area contributed by atoms with Gasteiger partial charge in [-0.05, 0) is 62.5 Å². The quantitative estimate of drug-likeness (QED) is 0.162. The number of carbonyl (C=O) groups excluding carboxylic acids is 4. The molecule has 0 aliphatic carbocycles. The minimum atomic E-state index is -1.28. The maximum Gasteiger partial charge on any atom is 0.306 e. The van der Waals surface area contributed by atoms with Crippen molar-refractivity contribution in [2.75, 3.05) is 19.8 Å². The maximum absolute atomic E-state index is 15.3. The second-order valence-corrected chi connectivity index (χ2v) is 16.6. The van der Waals surface area contributed by atoms with E-state index in [4.69, 9.17) is 9.47 Å². The van der Waals surface area contributed by atoms with Gasteiger partial charge >= 0.3 is 5.97 Å². The lowest BCUT2D eigenvalue weighted by Gasteiger charge is -2.46. The summed E-state index contributed by atoms with van der Waals surface area (Å²) in [7, 11) is 0. The van der Waals surface area contributed by atoms with Crippen LogP contribution in [0, 0.1) is 17.3 Å². The Bertz CT molecular complexity index is 1640. The summed E-state index contributed by atoms with van der Waals surface area (Å²) in [6, 6.07) is 16.3. The van der Waals surface area contributed by atoms with Gasteiger partial charge in [-0.1, -0.05) is 93.6 Å². The van der Waals surface area contributed by atoms with Gasteiger partial charge in [-0.2, -0.15) is 0 Å². The van der Waals surface area contributed by atoms with E-state index >= 15 is 9.59 Å². The van der Waals surface area contributed by atoms with Gasteiger partial charge in [0.05, 0.1) is 36.6 Å². The zero-order chi connectivity index (χ0) is 38.6. The molecular formula is C43H57N3O7. The summed E-state index contributed by atoms with van der Waals surface area (Å²) in [5, 5.41) is 14.0. The third-order valence-corrected chi connectivity index (χ3v) is 10.9. The van der Waals surface area contributed by atoms with Crippen LogP contribution in [-0.2, 0) is 35.1 Å². The number of amides is 3. The van der Waals surface area contributed by atoms with Crippen molar-refractivity contribution in [1.29, 1.82) is 0 Å². The van der Waals surface area contributed by atoms with Crippen molar-refractivity contribution in [3.05, 3.63) is 97.1 Å². The summed E-state index contributed by atoms with van der Waals surface area (Å²) in [4.78, 5) is 60.6. The highest BCUT2D eigenvalue weighted by Crippen LogP contribution is 2.59. The number of rotatable bonds is 17. The van der Waals surface area contributed by atoms with Crippen LogP contribution in [0.4, 0.5) is 0 Å². The number of allylic oxidation sites excluding steroid dienone is 1. The van der Waals surface area contributed by atoms with E-state index in [2.05, 4.69) is 39.2 Å². The third-order valence-electron chi connectivity index (χ3n) is 10.9. The molecule has 286 valence electrons. The van der Waals surface area contributed by atoms with Gasteiger partial charge in [0, 0.05) is 18.5 Å². The largest absolute Gasteiger partial charge is 0.463 e. The van der Waals surface area contributed by atoms with Crippen LogP contribution in [0.3, 0.4) is 0 Å². The predicted octanol–water partition coefficient (Wildman–Crippen LogP) is 5.56. The van der Waals surface area contributed by atoms with Crippen LogP contribution in [0.25, 0.3) is 0 Å². The number of esters is 1. The Hall–Kier alpha value is -4.28. The number of likely N-dealkylation sites (tertiary alicyclic amines) is 1. The van der Waals surface area contributed by atoms with Gasteiger partial charge in [-0.3, -0.25) is 19.2 Å². The van der Waals surface area contributed by atoms with Crippen LogP contribution in [0.5, 0.6) is 0 Å². The highest BCUT2D eigenvalue weighted by atomic mass is 16.5. The number of carbonyl (C=O) groups is 4. The fraction of sp³-hybridized carbons (Fsp3) is 0.535. The van der Waals surface area contributed by atoms with Gasteiger partial charge < -0.3 is 29.7 Å². The first kappa shape index (κ1) is 39.9. The molecule has 3 aliphatic rings. The molecule has 5 rings (SSSR count). The Morgan fingerprint density at radius 3 is 2.32 bits per heavy atom. The van der Waals surface area contributed by atoms with E-state index in [1.54, 1.807) is 22.0 Å². The van der Waals surface area contributed by atoms with Crippen molar-refractivity contribution in [2.24, 2.45) is 17.3 Å². The van der Waals surface area contributed by atoms with E-state index in [9.17, 15) is 14.7 Å². The molecular weight excluding hydrogens is 670 g/mol. The summed E-state index contributed by atoms with van der Waals surface area (Å²) in [5.41, 5.74) is -0.365. The molecule has 3 heterocycles. The van der Waals surface area contributed by atoms with Crippen LogP contribution in [0.1, 0.15) is 83.9 Å². The zero-order valence-electron chi connectivity index (χ0n) is 32.0. The van der Waals surface area contributed by atoms with E-state index in [-0.39, 0.29) is 43.4 Å². The molecule has 10 heteroatoms. The van der Waals surface area contributed by atoms with E-state index < -0.39 is 59.1 Å². The molecule has 2 aromatic rings. The smallest absolute Gasteiger partial charge is 0.306 e. The van der Waals surface area contributed by atoms with Gasteiger partial charge in [0.1, 0.15) is 18.2 Å². The van der Waals surface area contributed by atoms with Crippen molar-refractivity contribution < 1.29 is 33.8 Å². The summed E-state index contributed by atoms with van der Waals surface area (Å²) >= 11 is 0. The van der Waals surface area contributed by atoms with Gasteiger partial charge in [0.2, 0.25) is 17.7 Å². The topological polar surface area (TPSA) is 125 Å². The highest BCUT2D eigenvalue weighted by Gasteiger charge is 2.75. The number of nitrogens with zero attached hydrogens (tertiary/aromatic N) is 2. The molecule has 3 fully saturated rings. The number of nitrogens with one attached hydrogen (secondary N) is 1. The summed E-state index contributed by atoms with van der Waals surface area (Å²) in [5.74, 6) is -3.32. The van der Waals surface area contributed by atoms with Gasteiger partial charge in [0.15, 0.2) is 0 Å². The lowest BCUT2D eigenvalue weighted by molar-refractivity contribution is -0.155. The number of fused-ring (bicyclic) bond motifs is 1. The average Bonchev–Trinajstić information content (AvgIpc) is 3.77. The minimum absolute atomic E-state index is 0.0933. The molecule has 1 spiro atoms. The van der Waals surface area contributed by atoms with Crippen molar-refractivity contribution in [1.82, 2.24) is 15.1 Å². The first-order valence-corrected chi connectivity index (χ1v) is 18.9. The zero-order valence-corrected chi connectivity index (χ0v) is 32.0. The third kappa shape index (κ3) is 8.44. The Balaban J connectivity index is 1.53. The predicted molar refractivity (Wildman–Crippen MR) is 203 cm³/mol. The van der Waals surface area contributed by atoms with Crippen LogP contribution in [0.2, 0.25) is 0 Å². The molecule has 2 aromatic carbocycles. The molecule has 3 amide bonds. The number of aliphatic hydroxyl groups excluding tert-OH is 1. The molecule has 2 N–H and O–H groups in total. The summed E-state index contributed by atoms with van der Waals surface area (Å²) in [6.45, 7) is 17.8. The summed E-state index contributed by atoms with van der Waals surface area (Å²) < 4.78 is 12.4. The molecule has 53 heavy (non-hydrogen) atoms. The highest BCUT2D eigenvalue weighted by molar-refractivity contribution is 5.99. The molecule has 0 radical (unpaired) electrons. The molecule has 10 nitrogen and oxygen atoms in total. The van der Waals surface area contributed by atoms with Crippen LogP contribution < -0.4 is 5.32 Å². The van der Waals surface area contributed by atoms with Crippen molar-refractivity contribution >= 4 is 23.7 Å². The normalized spacial score (nSPS) is 24.6. The van der Waals surface area contributed by atoms with Crippen LogP contribution in [-0.4, -0.2) is 87.7 Å². The van der Waals surface area contributed by atoms with Gasteiger partial charge in [0.25, 0.3) is 0 Å². The minimum Gasteiger partial charge on any atom is -0.463 e. The standard InChI is InChI=1S/C43H57N3O7/c1-8-10-21-34(48)52-27-32(30-19-15-12-16-20-30)44-38(49)35-33-22-23-43(53-33)36(35)39(50)46(31(26-47)25-29-17-13-11-14-18-29)37(43)40(51)45(24-9-2)42(6,7)28-41(3,4)5/h8-9,11-20,31-33,35-37,47H,1-2,10,21-28H2,3-7H3,(H,44,49)/t31-,32-,33+,35-,36-,37+,43-/m1/s1. The SMILES string of the molecule is C=CCCC(=O)OC[C@@H](NC(=O)[C@@H]1[C@@H]2CC[C@]3(O2)[C@H](C(=O)N(CC=C)C(C)(C)CC(C)(C)C)N([C@@H](CO)Cc2ccccc2)C(=O)[C@@H]13)c1ccccc1. The monoisotopic (exact) mass is 727 g/mol. The van der Waals surface area contributed by atoms with Crippen molar-refractivity contribution in [3.8, 4) is 0 Å². The van der Waals surface area contributed by atoms with Crippen LogP contribution in [0.15, 0.2) is 86.0 Å². The Kier molecular flexibility index (Phi) is 12.3. The molecule has 0 saturated carbocycles. The second-order valence-electron chi connectivity index (χ2n) is 16.6. The molecule has 0 aromatic heterocycles. The Morgan fingerprint density at radius 2 is 1.72 bits per heavy atom. The fourth-order valence-corrected chi connectivity index (χ4v) is 9.15. The molecule has 2 bridgehead atoms. The Labute approximate surface area is 314 Å². The lowest BCUT2D eigenvalue weighted by atomic mass is 9.70. The van der Waals surface area contributed by atoms with Crippen molar-refractivity contribution in [2.45, 2.75) is 109 Å². The number of hydrogen-bond acceptors (Lipinski definition) is 7. The maximum atomic E-state index is 15.3. The van der Waals surface area contributed by atoms with Crippen molar-refractivity contribution in [3.63, 3.8) is 0 Å². The number of aliphatic hydroxyl groups is 1. The van der Waals surface area contributed by atoms with Crippen LogP contribution >= 0.6 is 0 Å². The van der Waals surface area contributed by atoms with E-state index in [0.717, 1.165) is 11.1 Å². The number of benzene rings is 2. The first-order chi connectivity index (χ1) is 25.2. The number of hydrogen-bond donors (Lipinski definition) is 2. The summed E-state index contributed by atoms with van der Waals surface area (Å²) in [6.07, 6.45) is 5.29. The molecule has 3 saturated heterocycles. The fourth-order valence-electron chi connectivity index (χ4n) is 9.15. The number of ether oxygens (including phenoxy) is 2. The van der Waals surface area contributed by atoms with Gasteiger partial charge in [-0.25, -0.2) is 0 Å². The van der Waals surface area contributed by atoms with E-state index in [1.165, 1.54) is 0 Å². The van der Waals surface area contributed by atoms with E-state index in [1.807, 2.05) is 74.5 Å². The first-order valence-electron chi connectivity index (χ1n) is 18.9. The Morgan fingerprint density at radius 1 is 1.06 bits per heavy atom. The molecule has 7 atom stereocenters. The van der Waals surface area contributed by atoms with E-state index in [0.29, 0.717) is 32.1 Å². The second kappa shape index (κ2) is 16.4. The average molecular weight is 728 g/mol. The van der Waals surface area contributed by atoms with Gasteiger partial charge in [-0.15, -0.1) is 13.2 Å². The lowest BCUT2D eigenvalue weighted by Crippen LogP contribution is -2.62.